The van der Waals surface area contributed by atoms with Crippen molar-refractivity contribution in [2.24, 2.45) is 4.99 Å². The van der Waals surface area contributed by atoms with Crippen LogP contribution >= 0.6 is 0 Å². The molecule has 0 aromatic heterocycles. The average Bonchev–Trinajstić information content (AvgIpc) is 3.41. The van der Waals surface area contributed by atoms with Crippen molar-refractivity contribution in [3.05, 3.63) is 23.8 Å². The third-order valence-electron chi connectivity index (χ3n) is 6.05. The van der Waals surface area contributed by atoms with Crippen molar-refractivity contribution in [1.82, 2.24) is 15.1 Å². The molecule has 172 valence electrons. The Bertz CT molecular complexity index is 910. The van der Waals surface area contributed by atoms with Crippen LogP contribution in [0.2, 0.25) is 0 Å². The van der Waals surface area contributed by atoms with Crippen LogP contribution in [0.4, 0.5) is 5.69 Å². The van der Waals surface area contributed by atoms with Gasteiger partial charge in [0.05, 0.1) is 18.8 Å². The highest BCUT2D eigenvalue weighted by Gasteiger charge is 2.29. The monoisotopic (exact) mass is 442 g/mol. The Balaban J connectivity index is 1.25. The Morgan fingerprint density at radius 1 is 1.22 bits per heavy atom. The summed E-state index contributed by atoms with van der Waals surface area (Å²) in [5.74, 6) is 1.06. The Labute approximate surface area is 187 Å². The lowest BCUT2D eigenvalue weighted by molar-refractivity contribution is -0.144. The Morgan fingerprint density at radius 2 is 2.03 bits per heavy atom. The summed E-state index contributed by atoms with van der Waals surface area (Å²) in [7, 11) is 0. The summed E-state index contributed by atoms with van der Waals surface area (Å²) < 4.78 is 10.9. The number of hydrogen-bond donors (Lipinski definition) is 1. The fraction of sp³-hybridized carbons (Fsp3) is 0.565. The van der Waals surface area contributed by atoms with Crippen molar-refractivity contribution in [3.63, 3.8) is 0 Å². The van der Waals surface area contributed by atoms with Gasteiger partial charge in [-0.15, -0.1) is 0 Å². The second-order valence-electron chi connectivity index (χ2n) is 8.45. The van der Waals surface area contributed by atoms with Crippen molar-refractivity contribution >= 4 is 29.4 Å². The van der Waals surface area contributed by atoms with Gasteiger partial charge in [0, 0.05) is 31.5 Å². The van der Waals surface area contributed by atoms with E-state index < -0.39 is 0 Å². The molecule has 0 spiro atoms. The number of ether oxygens (including phenoxy) is 2. The van der Waals surface area contributed by atoms with E-state index in [2.05, 4.69) is 10.3 Å². The highest BCUT2D eigenvalue weighted by atomic mass is 16.5. The molecule has 3 aliphatic rings. The molecule has 1 saturated heterocycles. The molecule has 32 heavy (non-hydrogen) atoms. The molecule has 9 nitrogen and oxygen atoms in total. The maximum Gasteiger partial charge on any atom is 0.302 e. The molecule has 0 unspecified atom stereocenters. The van der Waals surface area contributed by atoms with Gasteiger partial charge in [0.15, 0.2) is 0 Å². The molecule has 0 radical (unpaired) electrons. The van der Waals surface area contributed by atoms with E-state index in [0.717, 1.165) is 42.7 Å². The number of guanidine groups is 1. The van der Waals surface area contributed by atoms with Crippen LogP contribution in [0.15, 0.2) is 23.2 Å². The van der Waals surface area contributed by atoms with Crippen LogP contribution in [-0.4, -0.2) is 65.9 Å². The molecule has 1 aromatic rings. The molecule has 9 heteroatoms. The normalized spacial score (nSPS) is 17.3. The Hall–Kier alpha value is -3.10. The van der Waals surface area contributed by atoms with Crippen LogP contribution in [0.25, 0.3) is 0 Å². The van der Waals surface area contributed by atoms with Crippen molar-refractivity contribution in [1.29, 1.82) is 0 Å². The fourth-order valence-corrected chi connectivity index (χ4v) is 4.50. The van der Waals surface area contributed by atoms with Gasteiger partial charge in [-0.3, -0.25) is 19.7 Å². The fourth-order valence-electron chi connectivity index (χ4n) is 4.50. The number of nitrogens with zero attached hydrogens (tertiary/aromatic N) is 3. The van der Waals surface area contributed by atoms with Crippen molar-refractivity contribution in [2.75, 3.05) is 26.3 Å². The van der Waals surface area contributed by atoms with E-state index in [9.17, 15) is 14.4 Å². The first kappa shape index (κ1) is 22.1. The SMILES string of the molecule is CC(=O)OCCN(C(=O)CCCOc1ccc2c(c1)CN1CC(=O)NC1=N2)C1CCCC1. The standard InChI is InChI=1S/C23H30N4O5/c1-16(28)31-12-10-27(18-5-2-3-6-18)22(30)7-4-11-32-19-8-9-20-17(13-19)14-26-15-21(29)25-23(26)24-20/h8-9,13,18H,2-7,10-12,14-15H2,1H3,(H,24,25,29). The maximum absolute atomic E-state index is 12.8. The number of nitrogens with one attached hydrogen (secondary N) is 1. The van der Waals surface area contributed by atoms with E-state index in [-0.39, 0.29) is 30.4 Å². The van der Waals surface area contributed by atoms with Crippen molar-refractivity contribution in [2.45, 2.75) is 58.0 Å². The van der Waals surface area contributed by atoms with Gasteiger partial charge in [-0.2, -0.15) is 0 Å². The predicted molar refractivity (Wildman–Crippen MR) is 117 cm³/mol. The lowest BCUT2D eigenvalue weighted by Gasteiger charge is -2.29. The minimum atomic E-state index is -0.322. The van der Waals surface area contributed by atoms with E-state index in [1.54, 1.807) is 0 Å². The molecule has 2 aliphatic heterocycles. The first-order chi connectivity index (χ1) is 15.5. The molecule has 1 N–H and O–H groups in total. The second-order valence-corrected chi connectivity index (χ2v) is 8.45. The third kappa shape index (κ3) is 5.38. The lowest BCUT2D eigenvalue weighted by atomic mass is 10.1. The second kappa shape index (κ2) is 10.0. The number of hydrogen-bond acceptors (Lipinski definition) is 7. The van der Waals surface area contributed by atoms with E-state index in [1.165, 1.54) is 6.92 Å². The number of carbonyl (C=O) groups is 3. The Morgan fingerprint density at radius 3 is 2.81 bits per heavy atom. The van der Waals surface area contributed by atoms with Crippen LogP contribution in [0.5, 0.6) is 5.75 Å². The zero-order valence-corrected chi connectivity index (χ0v) is 18.5. The quantitative estimate of drug-likeness (QED) is 0.464. The van der Waals surface area contributed by atoms with E-state index in [1.807, 2.05) is 28.0 Å². The molecule has 1 saturated carbocycles. The van der Waals surface area contributed by atoms with Crippen molar-refractivity contribution < 1.29 is 23.9 Å². The Kier molecular flexibility index (Phi) is 6.92. The van der Waals surface area contributed by atoms with E-state index in [0.29, 0.717) is 45.0 Å². The minimum absolute atomic E-state index is 0.0443. The summed E-state index contributed by atoms with van der Waals surface area (Å²) in [4.78, 5) is 43.7. The molecule has 1 aromatic carbocycles. The summed E-state index contributed by atoms with van der Waals surface area (Å²) in [6, 6.07) is 5.95. The number of fused-ring (bicyclic) bond motifs is 2. The van der Waals surface area contributed by atoms with Crippen LogP contribution in [0.1, 0.15) is 51.0 Å². The molecule has 4 rings (SSSR count). The first-order valence-electron chi connectivity index (χ1n) is 11.3. The molecule has 1 aliphatic carbocycles. The molecule has 2 heterocycles. The van der Waals surface area contributed by atoms with Crippen LogP contribution in [0.3, 0.4) is 0 Å². The average molecular weight is 443 g/mol. The van der Waals surface area contributed by atoms with Gasteiger partial charge in [-0.1, -0.05) is 12.8 Å². The topological polar surface area (TPSA) is 101 Å². The largest absolute Gasteiger partial charge is 0.494 e. The summed E-state index contributed by atoms with van der Waals surface area (Å²) in [5, 5.41) is 2.76. The molecule has 2 amide bonds. The molecule has 2 fully saturated rings. The molecular formula is C23H30N4O5. The minimum Gasteiger partial charge on any atom is -0.494 e. The zero-order valence-electron chi connectivity index (χ0n) is 18.5. The number of aliphatic imine (C=N–C) groups is 1. The van der Waals surface area contributed by atoms with Gasteiger partial charge < -0.3 is 19.3 Å². The van der Waals surface area contributed by atoms with Gasteiger partial charge in [0.2, 0.25) is 17.8 Å². The van der Waals surface area contributed by atoms with Crippen LogP contribution in [-0.2, 0) is 25.7 Å². The molecule has 0 bridgehead atoms. The summed E-state index contributed by atoms with van der Waals surface area (Å²) >= 11 is 0. The first-order valence-corrected chi connectivity index (χ1v) is 11.3. The number of rotatable bonds is 9. The van der Waals surface area contributed by atoms with Crippen molar-refractivity contribution in [3.8, 4) is 5.75 Å². The summed E-state index contributed by atoms with van der Waals surface area (Å²) in [6.45, 7) is 3.44. The van der Waals surface area contributed by atoms with E-state index >= 15 is 0 Å². The molecular weight excluding hydrogens is 412 g/mol. The lowest BCUT2D eigenvalue weighted by Crippen LogP contribution is -2.41. The highest BCUT2D eigenvalue weighted by Crippen LogP contribution is 2.30. The maximum atomic E-state index is 12.8. The number of amides is 2. The van der Waals surface area contributed by atoms with Gasteiger partial charge in [-0.05, 0) is 37.5 Å². The van der Waals surface area contributed by atoms with E-state index in [4.69, 9.17) is 9.47 Å². The highest BCUT2D eigenvalue weighted by molar-refractivity contribution is 6.05. The number of benzene rings is 1. The number of esters is 1. The third-order valence-corrected chi connectivity index (χ3v) is 6.05. The van der Waals surface area contributed by atoms with Gasteiger partial charge in [0.1, 0.15) is 18.9 Å². The van der Waals surface area contributed by atoms with Gasteiger partial charge >= 0.3 is 5.97 Å². The number of carbonyl (C=O) groups excluding carboxylic acids is 3. The summed E-state index contributed by atoms with van der Waals surface area (Å²) in [5.41, 5.74) is 1.85. The van der Waals surface area contributed by atoms with Crippen LogP contribution < -0.4 is 10.1 Å². The molecule has 0 atom stereocenters. The van der Waals surface area contributed by atoms with Gasteiger partial charge in [0.25, 0.3) is 0 Å². The zero-order chi connectivity index (χ0) is 22.5. The predicted octanol–water partition coefficient (Wildman–Crippen LogP) is 2.11. The van der Waals surface area contributed by atoms with Crippen LogP contribution in [0, 0.1) is 0 Å². The smallest absolute Gasteiger partial charge is 0.302 e. The summed E-state index contributed by atoms with van der Waals surface area (Å²) in [6.07, 6.45) is 5.31. The van der Waals surface area contributed by atoms with Gasteiger partial charge in [-0.25, -0.2) is 4.99 Å².